The third-order valence-corrected chi connectivity index (χ3v) is 2.74. The van der Waals surface area contributed by atoms with Crippen LogP contribution in [-0.4, -0.2) is 9.67 Å². The molecule has 0 bridgehead atoms. The first-order chi connectivity index (χ1) is 6.81. The van der Waals surface area contributed by atoms with Crippen LogP contribution in [0.5, 0.6) is 0 Å². The van der Waals surface area contributed by atoms with Crippen molar-refractivity contribution in [3.63, 3.8) is 0 Å². The average molecular weight is 191 g/mol. The van der Waals surface area contributed by atoms with Crippen molar-refractivity contribution in [3.8, 4) is 0 Å². The van der Waals surface area contributed by atoms with Crippen LogP contribution >= 0.6 is 0 Å². The van der Waals surface area contributed by atoms with Crippen molar-refractivity contribution in [2.24, 2.45) is 5.92 Å². The third kappa shape index (κ3) is 2.07. The van der Waals surface area contributed by atoms with Gasteiger partial charge in [-0.3, -0.25) is 0 Å². The molecule has 1 N–H and O–H groups in total. The Morgan fingerprint density at radius 2 is 2.43 bits per heavy atom. The summed E-state index contributed by atoms with van der Waals surface area (Å²) in [4.78, 5) is 0. The van der Waals surface area contributed by atoms with Crippen molar-refractivity contribution in [1.29, 1.82) is 0 Å². The highest BCUT2D eigenvalue weighted by molar-refractivity contribution is 5.16. The molecule has 0 saturated heterocycles. The lowest BCUT2D eigenvalue weighted by Gasteiger charge is -2.05. The molecule has 0 amide bonds. The largest absolute Gasteiger partial charge is 0.388 e. The maximum Gasteiger partial charge on any atom is 0.0832 e. The van der Waals surface area contributed by atoms with E-state index in [0.717, 1.165) is 12.1 Å². The van der Waals surface area contributed by atoms with E-state index in [4.69, 9.17) is 0 Å². The van der Waals surface area contributed by atoms with Crippen molar-refractivity contribution < 1.29 is 5.11 Å². The van der Waals surface area contributed by atoms with Crippen LogP contribution in [0.1, 0.15) is 31.4 Å². The Hall–Kier alpha value is -1.02. The van der Waals surface area contributed by atoms with Gasteiger partial charge in [-0.2, -0.15) is 0 Å². The van der Waals surface area contributed by atoms with E-state index in [1.165, 1.54) is 12.8 Å². The van der Waals surface area contributed by atoms with Gasteiger partial charge in [0, 0.05) is 18.9 Å². The van der Waals surface area contributed by atoms with Gasteiger partial charge in [0.05, 0.1) is 6.10 Å². The minimum Gasteiger partial charge on any atom is -0.388 e. The van der Waals surface area contributed by atoms with Gasteiger partial charge in [-0.05, 0) is 37.3 Å². The van der Waals surface area contributed by atoms with E-state index >= 15 is 0 Å². The standard InChI is InChI=1S/C12H17NO/c1-2-3-7-13-8-6-11(9-13)12(14)10-4-5-10/h2-3,6,8-10,12,14H,4-5,7H2,1H3. The zero-order chi connectivity index (χ0) is 9.97. The second-order valence-corrected chi connectivity index (χ2v) is 3.99. The predicted molar refractivity (Wildman–Crippen MR) is 56.9 cm³/mol. The van der Waals surface area contributed by atoms with Gasteiger partial charge in [0.2, 0.25) is 0 Å². The summed E-state index contributed by atoms with van der Waals surface area (Å²) in [6, 6.07) is 2.02. The van der Waals surface area contributed by atoms with Crippen LogP contribution in [0.3, 0.4) is 0 Å². The van der Waals surface area contributed by atoms with Crippen molar-refractivity contribution in [1.82, 2.24) is 4.57 Å². The Balaban J connectivity index is 2.01. The molecule has 1 unspecified atom stereocenters. The number of allylic oxidation sites excluding steroid dienone is 2. The maximum absolute atomic E-state index is 9.87. The number of hydrogen-bond donors (Lipinski definition) is 1. The number of rotatable bonds is 4. The Morgan fingerprint density at radius 1 is 1.64 bits per heavy atom. The van der Waals surface area contributed by atoms with Crippen LogP contribution < -0.4 is 0 Å². The van der Waals surface area contributed by atoms with Crippen molar-refractivity contribution in [3.05, 3.63) is 36.2 Å². The van der Waals surface area contributed by atoms with Gasteiger partial charge in [0.15, 0.2) is 0 Å². The van der Waals surface area contributed by atoms with Gasteiger partial charge in [-0.15, -0.1) is 0 Å². The molecule has 1 aliphatic carbocycles. The molecule has 1 heterocycles. The second kappa shape index (κ2) is 4.01. The van der Waals surface area contributed by atoms with Gasteiger partial charge >= 0.3 is 0 Å². The van der Waals surface area contributed by atoms with Crippen LogP contribution in [0.15, 0.2) is 30.6 Å². The molecule has 0 aromatic carbocycles. The Morgan fingerprint density at radius 3 is 3.07 bits per heavy atom. The molecule has 2 nitrogen and oxygen atoms in total. The van der Waals surface area contributed by atoms with E-state index in [2.05, 4.69) is 10.6 Å². The van der Waals surface area contributed by atoms with Crippen LogP contribution in [0.2, 0.25) is 0 Å². The lowest BCUT2D eigenvalue weighted by molar-refractivity contribution is 0.154. The molecular formula is C12H17NO. The molecule has 0 radical (unpaired) electrons. The summed E-state index contributed by atoms with van der Waals surface area (Å²) in [6.07, 6.45) is 10.3. The van der Waals surface area contributed by atoms with Gasteiger partial charge in [-0.25, -0.2) is 0 Å². The van der Waals surface area contributed by atoms with Gasteiger partial charge in [-0.1, -0.05) is 12.2 Å². The molecule has 76 valence electrons. The molecule has 0 spiro atoms. The minimum absolute atomic E-state index is 0.234. The van der Waals surface area contributed by atoms with Crippen molar-refractivity contribution in [2.75, 3.05) is 0 Å². The summed E-state index contributed by atoms with van der Waals surface area (Å²) in [7, 11) is 0. The highest BCUT2D eigenvalue weighted by atomic mass is 16.3. The molecule has 2 heteroatoms. The lowest BCUT2D eigenvalue weighted by Crippen LogP contribution is -1.98. The number of hydrogen-bond acceptors (Lipinski definition) is 1. The number of nitrogens with zero attached hydrogens (tertiary/aromatic N) is 1. The molecule has 2 rings (SSSR count). The zero-order valence-electron chi connectivity index (χ0n) is 8.56. The highest BCUT2D eigenvalue weighted by Crippen LogP contribution is 2.40. The number of aromatic nitrogens is 1. The lowest BCUT2D eigenvalue weighted by atomic mass is 10.1. The molecule has 1 saturated carbocycles. The zero-order valence-corrected chi connectivity index (χ0v) is 8.56. The average Bonchev–Trinajstić information content (AvgIpc) is 2.94. The summed E-state index contributed by atoms with van der Waals surface area (Å²) >= 11 is 0. The molecule has 14 heavy (non-hydrogen) atoms. The second-order valence-electron chi connectivity index (χ2n) is 3.99. The minimum atomic E-state index is -0.234. The third-order valence-electron chi connectivity index (χ3n) is 2.74. The predicted octanol–water partition coefficient (Wildman–Crippen LogP) is 2.51. The first-order valence-electron chi connectivity index (χ1n) is 5.26. The quantitative estimate of drug-likeness (QED) is 0.727. The van der Waals surface area contributed by atoms with Crippen molar-refractivity contribution >= 4 is 0 Å². The summed E-state index contributed by atoms with van der Waals surface area (Å²) in [5, 5.41) is 9.87. The normalized spacial score (nSPS) is 19.0. The van der Waals surface area contributed by atoms with Crippen molar-refractivity contribution in [2.45, 2.75) is 32.4 Å². The topological polar surface area (TPSA) is 25.2 Å². The molecule has 0 aliphatic heterocycles. The van der Waals surface area contributed by atoms with E-state index in [1.54, 1.807) is 0 Å². The molecular weight excluding hydrogens is 174 g/mol. The Bertz CT molecular complexity index is 323. The fourth-order valence-corrected chi connectivity index (χ4v) is 1.66. The number of aliphatic hydroxyl groups is 1. The van der Waals surface area contributed by atoms with Gasteiger partial charge < -0.3 is 9.67 Å². The molecule has 1 aliphatic rings. The molecule has 1 aromatic heterocycles. The molecule has 1 atom stereocenters. The smallest absolute Gasteiger partial charge is 0.0832 e. The first-order valence-corrected chi connectivity index (χ1v) is 5.26. The Labute approximate surface area is 84.9 Å². The monoisotopic (exact) mass is 191 g/mol. The summed E-state index contributed by atoms with van der Waals surface area (Å²) < 4.78 is 2.10. The fraction of sp³-hybridized carbons (Fsp3) is 0.500. The number of aliphatic hydroxyl groups excluding tert-OH is 1. The van der Waals surface area contributed by atoms with Gasteiger partial charge in [0.25, 0.3) is 0 Å². The van der Waals surface area contributed by atoms with E-state index in [-0.39, 0.29) is 6.10 Å². The summed E-state index contributed by atoms with van der Waals surface area (Å²) in [5.74, 6) is 0.521. The van der Waals surface area contributed by atoms with Gasteiger partial charge in [0.1, 0.15) is 0 Å². The summed E-state index contributed by atoms with van der Waals surface area (Å²) in [6.45, 7) is 2.91. The SMILES string of the molecule is CC=CCn1ccc(C(O)C2CC2)c1. The first kappa shape index (κ1) is 9.53. The van der Waals surface area contributed by atoms with E-state index in [1.807, 2.05) is 31.5 Å². The molecule has 1 fully saturated rings. The van der Waals surface area contributed by atoms with E-state index in [0.29, 0.717) is 5.92 Å². The van der Waals surface area contributed by atoms with Crippen LogP contribution in [0.25, 0.3) is 0 Å². The highest BCUT2D eigenvalue weighted by Gasteiger charge is 2.30. The Kier molecular flexibility index (Phi) is 2.73. The summed E-state index contributed by atoms with van der Waals surface area (Å²) in [5.41, 5.74) is 1.07. The van der Waals surface area contributed by atoms with E-state index < -0.39 is 0 Å². The fourth-order valence-electron chi connectivity index (χ4n) is 1.66. The van der Waals surface area contributed by atoms with Crippen LogP contribution in [0.4, 0.5) is 0 Å². The maximum atomic E-state index is 9.87. The van der Waals surface area contributed by atoms with Crippen LogP contribution in [-0.2, 0) is 6.54 Å². The van der Waals surface area contributed by atoms with Crippen LogP contribution in [0, 0.1) is 5.92 Å². The van der Waals surface area contributed by atoms with E-state index in [9.17, 15) is 5.11 Å². The molecule has 1 aromatic rings.